The highest BCUT2D eigenvalue weighted by molar-refractivity contribution is 6.12. The molecule has 0 fully saturated rings. The molecule has 0 unspecified atom stereocenters. The van der Waals surface area contributed by atoms with Gasteiger partial charge in [0.2, 0.25) is 0 Å². The van der Waals surface area contributed by atoms with Crippen LogP contribution in [0, 0.1) is 0 Å². The summed E-state index contributed by atoms with van der Waals surface area (Å²) >= 11 is 0. The summed E-state index contributed by atoms with van der Waals surface area (Å²) in [6, 6.07) is 104. The topological polar surface area (TPSA) is 16.4 Å². The number of hydrogen-bond donors (Lipinski definition) is 0. The number of para-hydroxylation sites is 2. The predicted molar refractivity (Wildman–Crippen MR) is 305 cm³/mol. The molecule has 0 aliphatic heterocycles. The molecule has 2 heteroatoms. The number of furan rings is 1. The van der Waals surface area contributed by atoms with Crippen LogP contribution in [0.3, 0.4) is 0 Å². The maximum Gasteiger partial charge on any atom is 0.136 e. The van der Waals surface area contributed by atoms with Gasteiger partial charge in [-0.1, -0.05) is 231 Å². The van der Waals surface area contributed by atoms with E-state index in [1.165, 1.54) is 60.8 Å². The molecule has 2 nitrogen and oxygen atoms in total. The van der Waals surface area contributed by atoms with Gasteiger partial charge in [-0.15, -0.1) is 0 Å². The van der Waals surface area contributed by atoms with Crippen molar-refractivity contribution in [3.05, 3.63) is 307 Å². The maximum atomic E-state index is 6.33. The van der Waals surface area contributed by atoms with Crippen molar-refractivity contribution in [2.45, 2.75) is 5.41 Å². The van der Waals surface area contributed by atoms with E-state index in [0.29, 0.717) is 0 Å². The Kier molecular flexibility index (Phi) is 10.1. The molecule has 14 rings (SSSR count). The Labute approximate surface area is 425 Å². The molecule has 1 aromatic heterocycles. The van der Waals surface area contributed by atoms with Gasteiger partial charge in [-0.05, 0) is 138 Å². The van der Waals surface area contributed by atoms with Crippen molar-refractivity contribution in [3.8, 4) is 55.6 Å². The molecule has 1 aliphatic rings. The molecule has 0 amide bonds. The van der Waals surface area contributed by atoms with Gasteiger partial charge in [0.15, 0.2) is 0 Å². The minimum Gasteiger partial charge on any atom is -0.456 e. The summed E-state index contributed by atoms with van der Waals surface area (Å²) in [6.07, 6.45) is 0. The Hall–Kier alpha value is -9.50. The van der Waals surface area contributed by atoms with Crippen LogP contribution in [0.1, 0.15) is 22.3 Å². The van der Waals surface area contributed by atoms with Crippen LogP contribution in [0.2, 0.25) is 0 Å². The van der Waals surface area contributed by atoms with E-state index in [2.05, 4.69) is 278 Å². The number of anilines is 3. The second kappa shape index (κ2) is 17.4. The van der Waals surface area contributed by atoms with Gasteiger partial charge in [0.25, 0.3) is 0 Å². The van der Waals surface area contributed by atoms with E-state index in [0.717, 1.165) is 66.8 Å². The first kappa shape index (κ1) is 42.4. The predicted octanol–water partition coefficient (Wildman–Crippen LogP) is 19.2. The number of fused-ring (bicyclic) bond motifs is 7. The van der Waals surface area contributed by atoms with Gasteiger partial charge in [0.1, 0.15) is 11.2 Å². The standard InChI is InChI=1S/C71H47NO/c1-3-22-54(23-4-1)71(55-24-5-2-6-25-55)65-32-12-9-28-62(65)63-45-40-51(47-66(63)71)48-36-41-56(42-37-48)72(57-43-38-50(39-44-57)61-31-17-35-69-70(61)64-29-11-14-34-68(64)73-69)67-33-13-10-27-60(67)53-21-15-20-52(46-53)59-30-16-19-49-18-7-8-26-58(49)59/h1-47H. The van der Waals surface area contributed by atoms with Gasteiger partial charge in [-0.2, -0.15) is 0 Å². The Morgan fingerprint density at radius 1 is 0.288 bits per heavy atom. The van der Waals surface area contributed by atoms with Gasteiger partial charge in [-0.25, -0.2) is 0 Å². The van der Waals surface area contributed by atoms with Crippen LogP contribution in [-0.4, -0.2) is 0 Å². The fraction of sp³-hybridized carbons (Fsp3) is 0.0141. The lowest BCUT2D eigenvalue weighted by Crippen LogP contribution is -2.28. The summed E-state index contributed by atoms with van der Waals surface area (Å²) < 4.78 is 6.33. The molecule has 73 heavy (non-hydrogen) atoms. The van der Waals surface area contributed by atoms with E-state index in [1.807, 2.05) is 12.1 Å². The second-order valence-electron chi connectivity index (χ2n) is 19.1. The molecule has 0 bridgehead atoms. The number of rotatable bonds is 9. The fourth-order valence-corrected chi connectivity index (χ4v) is 11.9. The van der Waals surface area contributed by atoms with Crippen LogP contribution in [0.5, 0.6) is 0 Å². The first-order valence-electron chi connectivity index (χ1n) is 25.2. The zero-order valence-electron chi connectivity index (χ0n) is 40.0. The third kappa shape index (κ3) is 6.94. The van der Waals surface area contributed by atoms with Gasteiger partial charge < -0.3 is 9.32 Å². The van der Waals surface area contributed by atoms with Crippen molar-refractivity contribution >= 4 is 49.8 Å². The largest absolute Gasteiger partial charge is 0.456 e. The quantitative estimate of drug-likeness (QED) is 0.143. The van der Waals surface area contributed by atoms with Crippen LogP contribution in [0.4, 0.5) is 17.1 Å². The molecule has 1 aliphatic carbocycles. The zero-order chi connectivity index (χ0) is 48.3. The minimum atomic E-state index is -0.474. The fourth-order valence-electron chi connectivity index (χ4n) is 11.9. The number of hydrogen-bond acceptors (Lipinski definition) is 2. The van der Waals surface area contributed by atoms with Crippen molar-refractivity contribution in [2.24, 2.45) is 0 Å². The summed E-state index contributed by atoms with van der Waals surface area (Å²) in [5, 5.41) is 4.74. The van der Waals surface area contributed by atoms with Crippen molar-refractivity contribution in [1.29, 1.82) is 0 Å². The van der Waals surface area contributed by atoms with E-state index in [-0.39, 0.29) is 0 Å². The normalized spacial score (nSPS) is 12.5. The highest BCUT2D eigenvalue weighted by Crippen LogP contribution is 2.57. The van der Waals surface area contributed by atoms with Crippen molar-refractivity contribution in [1.82, 2.24) is 0 Å². The monoisotopic (exact) mass is 929 g/mol. The van der Waals surface area contributed by atoms with Crippen molar-refractivity contribution in [3.63, 3.8) is 0 Å². The van der Waals surface area contributed by atoms with Crippen molar-refractivity contribution < 1.29 is 4.42 Å². The third-order valence-corrected chi connectivity index (χ3v) is 15.2. The van der Waals surface area contributed by atoms with E-state index >= 15 is 0 Å². The molecule has 0 saturated carbocycles. The van der Waals surface area contributed by atoms with Crippen LogP contribution >= 0.6 is 0 Å². The lowest BCUT2D eigenvalue weighted by Gasteiger charge is -2.34. The van der Waals surface area contributed by atoms with E-state index < -0.39 is 5.41 Å². The molecule has 0 N–H and O–H groups in total. The van der Waals surface area contributed by atoms with Crippen LogP contribution in [0.25, 0.3) is 88.3 Å². The lowest BCUT2D eigenvalue weighted by atomic mass is 9.67. The Morgan fingerprint density at radius 3 is 1.58 bits per heavy atom. The maximum absolute atomic E-state index is 6.33. The Bertz CT molecular complexity index is 4140. The minimum absolute atomic E-state index is 0.474. The van der Waals surface area contributed by atoms with E-state index in [9.17, 15) is 0 Å². The molecule has 1 heterocycles. The molecule has 13 aromatic rings. The molecular formula is C71H47NO. The van der Waals surface area contributed by atoms with Crippen LogP contribution < -0.4 is 4.90 Å². The van der Waals surface area contributed by atoms with Gasteiger partial charge in [0, 0.05) is 27.7 Å². The number of benzene rings is 12. The molecule has 0 atom stereocenters. The number of nitrogens with zero attached hydrogens (tertiary/aromatic N) is 1. The lowest BCUT2D eigenvalue weighted by molar-refractivity contribution is 0.669. The summed E-state index contributed by atoms with van der Waals surface area (Å²) in [5.41, 5.74) is 21.5. The molecule has 12 aromatic carbocycles. The summed E-state index contributed by atoms with van der Waals surface area (Å²) in [4.78, 5) is 2.41. The van der Waals surface area contributed by atoms with E-state index in [4.69, 9.17) is 4.42 Å². The van der Waals surface area contributed by atoms with Crippen molar-refractivity contribution in [2.75, 3.05) is 4.90 Å². The van der Waals surface area contributed by atoms with E-state index in [1.54, 1.807) is 0 Å². The van der Waals surface area contributed by atoms with Crippen LogP contribution in [0.15, 0.2) is 290 Å². The Morgan fingerprint density at radius 2 is 0.808 bits per heavy atom. The van der Waals surface area contributed by atoms with Gasteiger partial charge in [-0.3, -0.25) is 0 Å². The molecule has 0 spiro atoms. The highest BCUT2D eigenvalue weighted by Gasteiger charge is 2.46. The third-order valence-electron chi connectivity index (χ3n) is 15.2. The average molecular weight is 930 g/mol. The van der Waals surface area contributed by atoms with Gasteiger partial charge >= 0.3 is 0 Å². The second-order valence-corrected chi connectivity index (χ2v) is 19.1. The summed E-state index contributed by atoms with van der Waals surface area (Å²) in [6.45, 7) is 0. The smallest absolute Gasteiger partial charge is 0.136 e. The Balaban J connectivity index is 0.906. The highest BCUT2D eigenvalue weighted by atomic mass is 16.3. The summed E-state index contributed by atoms with van der Waals surface area (Å²) in [7, 11) is 0. The first-order valence-corrected chi connectivity index (χ1v) is 25.2. The van der Waals surface area contributed by atoms with Gasteiger partial charge in [0.05, 0.1) is 11.1 Å². The molecular weight excluding hydrogens is 883 g/mol. The molecule has 342 valence electrons. The zero-order valence-corrected chi connectivity index (χ0v) is 40.0. The molecule has 0 radical (unpaired) electrons. The average Bonchev–Trinajstić information content (AvgIpc) is 4.04. The SMILES string of the molecule is c1ccc(C2(c3ccccc3)c3ccccc3-c3ccc(-c4ccc(N(c5ccc(-c6cccc7oc8ccccc8c67)cc5)c5ccccc5-c5cccc(-c6cccc7ccccc67)c5)cc4)cc32)cc1. The summed E-state index contributed by atoms with van der Waals surface area (Å²) in [5.74, 6) is 0. The van der Waals surface area contributed by atoms with Crippen LogP contribution in [-0.2, 0) is 5.41 Å². The first-order chi connectivity index (χ1) is 36.2. The molecule has 0 saturated heterocycles.